The van der Waals surface area contributed by atoms with Crippen molar-refractivity contribution >= 4 is 11.6 Å². The number of carbonyl (C=O) groups is 1. The average molecular weight is 249 g/mol. The summed E-state index contributed by atoms with van der Waals surface area (Å²) in [4.78, 5) is 12.0. The number of hydrogen-bond acceptors (Lipinski definition) is 2. The third-order valence-electron chi connectivity index (χ3n) is 3.08. The lowest BCUT2D eigenvalue weighted by atomic mass is 9.85. The zero-order valence-corrected chi connectivity index (χ0v) is 11.7. The Balaban J connectivity index is 2.95. The lowest BCUT2D eigenvalue weighted by Gasteiger charge is -2.23. The fraction of sp³-hybridized carbons (Fsp3) is 0.533. The first-order chi connectivity index (χ1) is 8.40. The van der Waals surface area contributed by atoms with E-state index in [9.17, 15) is 4.79 Å². The van der Waals surface area contributed by atoms with Gasteiger partial charge in [0.15, 0.2) is 0 Å². The van der Waals surface area contributed by atoms with Gasteiger partial charge in [0.2, 0.25) is 5.91 Å². The summed E-state index contributed by atoms with van der Waals surface area (Å²) < 4.78 is 0. The number of carbonyl (C=O) groups excluding carboxylic acids is 1. The highest BCUT2D eigenvalue weighted by molar-refractivity contribution is 5.93. The van der Waals surface area contributed by atoms with E-state index in [0.29, 0.717) is 6.42 Å². The van der Waals surface area contributed by atoms with Crippen LogP contribution in [0.2, 0.25) is 0 Å². The smallest absolute Gasteiger partial charge is 0.229 e. The van der Waals surface area contributed by atoms with Gasteiger partial charge in [-0.05, 0) is 23.5 Å². The van der Waals surface area contributed by atoms with E-state index in [2.05, 4.69) is 26.1 Å². The molecule has 0 saturated carbocycles. The molecule has 0 aliphatic carbocycles. The van der Waals surface area contributed by atoms with Crippen molar-refractivity contribution in [3.05, 3.63) is 29.8 Å². The minimum absolute atomic E-state index is 0.0230. The molecule has 1 atom stereocenters. The zero-order valence-electron chi connectivity index (χ0n) is 11.7. The molecule has 0 saturated heterocycles. The molecule has 1 rings (SSSR count). The van der Waals surface area contributed by atoms with Gasteiger partial charge in [0.05, 0.1) is 12.5 Å². The van der Waals surface area contributed by atoms with E-state index in [0.717, 1.165) is 11.3 Å². The molecule has 0 aliphatic rings. The van der Waals surface area contributed by atoms with Crippen LogP contribution in [0.4, 0.5) is 5.69 Å². The van der Waals surface area contributed by atoms with Gasteiger partial charge in [0.25, 0.3) is 0 Å². The van der Waals surface area contributed by atoms with Crippen LogP contribution in [0.5, 0.6) is 0 Å². The Hall–Kier alpha value is -1.35. The largest absolute Gasteiger partial charge is 0.396 e. The monoisotopic (exact) mass is 249 g/mol. The first-order valence-corrected chi connectivity index (χ1v) is 6.41. The summed E-state index contributed by atoms with van der Waals surface area (Å²) in [6, 6.07) is 7.81. The second kappa shape index (κ2) is 6.01. The third kappa shape index (κ3) is 3.57. The van der Waals surface area contributed by atoms with Crippen LogP contribution >= 0.6 is 0 Å². The van der Waals surface area contributed by atoms with Gasteiger partial charge in [0, 0.05) is 5.69 Å². The van der Waals surface area contributed by atoms with Crippen LogP contribution in [-0.4, -0.2) is 17.6 Å². The molecule has 0 spiro atoms. The average Bonchev–Trinajstić information content (AvgIpc) is 2.30. The fourth-order valence-electron chi connectivity index (χ4n) is 1.88. The Morgan fingerprint density at radius 1 is 1.33 bits per heavy atom. The summed E-state index contributed by atoms with van der Waals surface area (Å²) in [6.07, 6.45) is 0.639. The second-order valence-corrected chi connectivity index (χ2v) is 5.57. The second-order valence-electron chi connectivity index (χ2n) is 5.57. The van der Waals surface area contributed by atoms with Crippen molar-refractivity contribution in [1.82, 2.24) is 0 Å². The normalized spacial score (nSPS) is 13.2. The fourth-order valence-corrected chi connectivity index (χ4v) is 1.88. The Kier molecular flexibility index (Phi) is 4.91. The van der Waals surface area contributed by atoms with Crippen molar-refractivity contribution in [2.75, 3.05) is 11.9 Å². The highest BCUT2D eigenvalue weighted by Gasteiger charge is 2.21. The Bertz CT molecular complexity index is 403. The molecule has 1 aromatic rings. The van der Waals surface area contributed by atoms with E-state index >= 15 is 0 Å². The molecule has 1 amide bonds. The van der Waals surface area contributed by atoms with Crippen LogP contribution < -0.4 is 5.32 Å². The molecule has 100 valence electrons. The number of para-hydroxylation sites is 1. The highest BCUT2D eigenvalue weighted by Crippen LogP contribution is 2.29. The van der Waals surface area contributed by atoms with Crippen LogP contribution in [0.1, 0.15) is 39.7 Å². The van der Waals surface area contributed by atoms with Crippen molar-refractivity contribution in [3.63, 3.8) is 0 Å². The number of amides is 1. The molecule has 0 aromatic heterocycles. The van der Waals surface area contributed by atoms with Crippen LogP contribution in [0, 0.1) is 5.92 Å². The summed E-state index contributed by atoms with van der Waals surface area (Å²) >= 11 is 0. The molecule has 0 bridgehead atoms. The summed E-state index contributed by atoms with van der Waals surface area (Å²) in [5, 5.41) is 12.1. The van der Waals surface area contributed by atoms with E-state index in [1.165, 1.54) is 0 Å². The van der Waals surface area contributed by atoms with Gasteiger partial charge in [-0.15, -0.1) is 0 Å². The summed E-state index contributed by atoms with van der Waals surface area (Å²) in [6.45, 7) is 8.13. The quantitative estimate of drug-likeness (QED) is 0.862. The van der Waals surface area contributed by atoms with Crippen molar-refractivity contribution in [1.29, 1.82) is 0 Å². The molecule has 0 heterocycles. The van der Waals surface area contributed by atoms with Gasteiger partial charge < -0.3 is 10.4 Å². The van der Waals surface area contributed by atoms with Gasteiger partial charge in [-0.3, -0.25) is 4.79 Å². The number of rotatable bonds is 4. The number of aliphatic hydroxyl groups is 1. The Labute approximate surface area is 109 Å². The summed E-state index contributed by atoms with van der Waals surface area (Å²) in [5.41, 5.74) is 1.91. The summed E-state index contributed by atoms with van der Waals surface area (Å²) in [7, 11) is 0. The van der Waals surface area contributed by atoms with Crippen molar-refractivity contribution in [2.24, 2.45) is 5.92 Å². The van der Waals surface area contributed by atoms with Crippen LogP contribution in [-0.2, 0) is 10.2 Å². The van der Waals surface area contributed by atoms with Crippen LogP contribution in [0.3, 0.4) is 0 Å². The van der Waals surface area contributed by atoms with Crippen LogP contribution in [0.15, 0.2) is 24.3 Å². The third-order valence-corrected chi connectivity index (χ3v) is 3.08. The van der Waals surface area contributed by atoms with Crippen molar-refractivity contribution < 1.29 is 9.90 Å². The Morgan fingerprint density at radius 3 is 2.44 bits per heavy atom. The molecule has 0 aliphatic heterocycles. The maximum absolute atomic E-state index is 12.0. The highest BCUT2D eigenvalue weighted by atomic mass is 16.3. The minimum Gasteiger partial charge on any atom is -0.396 e. The van der Waals surface area contributed by atoms with Gasteiger partial charge in [-0.25, -0.2) is 0 Å². The van der Waals surface area contributed by atoms with E-state index in [-0.39, 0.29) is 23.8 Å². The molecule has 18 heavy (non-hydrogen) atoms. The minimum atomic E-state index is -0.335. The van der Waals surface area contributed by atoms with Crippen molar-refractivity contribution in [2.45, 2.75) is 39.5 Å². The lowest BCUT2D eigenvalue weighted by Crippen LogP contribution is -2.26. The number of anilines is 1. The van der Waals surface area contributed by atoms with E-state index in [4.69, 9.17) is 5.11 Å². The maximum Gasteiger partial charge on any atom is 0.229 e. The molecule has 0 radical (unpaired) electrons. The predicted molar refractivity (Wildman–Crippen MR) is 74.6 cm³/mol. The SMILES string of the molecule is CCC(CO)C(=O)Nc1ccccc1C(C)(C)C. The van der Waals surface area contributed by atoms with Crippen molar-refractivity contribution in [3.8, 4) is 0 Å². The number of aliphatic hydroxyl groups excluding tert-OH is 1. The van der Waals surface area contributed by atoms with Gasteiger partial charge in [-0.1, -0.05) is 45.9 Å². The predicted octanol–water partition coefficient (Wildman–Crippen LogP) is 2.94. The van der Waals surface area contributed by atoms with E-state index in [1.807, 2.05) is 31.2 Å². The van der Waals surface area contributed by atoms with E-state index < -0.39 is 0 Å². The van der Waals surface area contributed by atoms with Gasteiger partial charge >= 0.3 is 0 Å². The molecule has 3 heteroatoms. The zero-order chi connectivity index (χ0) is 13.8. The molecular formula is C15H23NO2. The Morgan fingerprint density at radius 2 is 1.94 bits per heavy atom. The number of benzene rings is 1. The molecule has 3 nitrogen and oxygen atoms in total. The maximum atomic E-state index is 12.0. The first kappa shape index (κ1) is 14.7. The standard InChI is InChI=1S/C15H23NO2/c1-5-11(10-17)14(18)16-13-9-7-6-8-12(13)15(2,3)4/h6-9,11,17H,5,10H2,1-4H3,(H,16,18). The lowest BCUT2D eigenvalue weighted by molar-refractivity contribution is -0.121. The first-order valence-electron chi connectivity index (χ1n) is 6.41. The number of nitrogens with one attached hydrogen (secondary N) is 1. The molecule has 2 N–H and O–H groups in total. The molecule has 1 unspecified atom stereocenters. The molecular weight excluding hydrogens is 226 g/mol. The van der Waals surface area contributed by atoms with Gasteiger partial charge in [-0.2, -0.15) is 0 Å². The topological polar surface area (TPSA) is 49.3 Å². The summed E-state index contributed by atoms with van der Waals surface area (Å²) in [5.74, 6) is -0.449. The molecule has 0 fully saturated rings. The molecule has 1 aromatic carbocycles. The van der Waals surface area contributed by atoms with E-state index in [1.54, 1.807) is 0 Å². The van der Waals surface area contributed by atoms with Crippen LogP contribution in [0.25, 0.3) is 0 Å². The number of hydrogen-bond donors (Lipinski definition) is 2. The van der Waals surface area contributed by atoms with Gasteiger partial charge in [0.1, 0.15) is 0 Å².